The van der Waals surface area contributed by atoms with E-state index in [1.807, 2.05) is 71.1 Å². The average molecular weight is 677 g/mol. The van der Waals surface area contributed by atoms with Crippen molar-refractivity contribution in [2.45, 2.75) is 25.9 Å². The topological polar surface area (TPSA) is 114 Å². The van der Waals surface area contributed by atoms with E-state index in [9.17, 15) is 14.7 Å². The lowest BCUT2D eigenvalue weighted by Crippen LogP contribution is -2.42. The number of hydrogen-bond donors (Lipinski definition) is 1. The predicted octanol–water partition coefficient (Wildman–Crippen LogP) is 6.89. The number of carbonyl (C=O) groups is 2. The first-order valence-corrected chi connectivity index (χ1v) is 16.7. The third kappa shape index (κ3) is 5.04. The minimum Gasteiger partial charge on any atom is -0.508 e. The first-order chi connectivity index (χ1) is 24.8. The molecule has 2 aliphatic rings. The summed E-state index contributed by atoms with van der Waals surface area (Å²) in [6.45, 7) is 2.61. The van der Waals surface area contributed by atoms with Gasteiger partial charge in [-0.15, -0.1) is 0 Å². The van der Waals surface area contributed by atoms with E-state index >= 15 is 0 Å². The van der Waals surface area contributed by atoms with Gasteiger partial charge in [0.2, 0.25) is 6.79 Å². The van der Waals surface area contributed by atoms with Gasteiger partial charge in [-0.3, -0.25) is 19.2 Å². The summed E-state index contributed by atoms with van der Waals surface area (Å²) in [5, 5.41) is 15.2. The van der Waals surface area contributed by atoms with Crippen LogP contribution in [0.15, 0.2) is 110 Å². The zero-order valence-electron chi connectivity index (χ0n) is 27.9. The molecule has 11 heteroatoms. The number of ether oxygens (including phenoxy) is 2. The van der Waals surface area contributed by atoms with Crippen LogP contribution in [0.25, 0.3) is 27.8 Å². The van der Waals surface area contributed by atoms with Gasteiger partial charge < -0.3 is 23.9 Å². The van der Waals surface area contributed by atoms with Gasteiger partial charge in [0, 0.05) is 42.5 Å². The molecule has 0 radical (unpaired) electrons. The fourth-order valence-corrected chi connectivity index (χ4v) is 7.23. The van der Waals surface area contributed by atoms with Crippen LogP contribution in [0.5, 0.6) is 17.2 Å². The van der Waals surface area contributed by atoms with Gasteiger partial charge in [-0.1, -0.05) is 30.3 Å². The van der Waals surface area contributed by atoms with Crippen LogP contribution in [0.4, 0.5) is 11.4 Å². The zero-order chi connectivity index (χ0) is 34.8. The number of rotatable bonds is 5. The van der Waals surface area contributed by atoms with E-state index in [0.29, 0.717) is 63.0 Å². The monoisotopic (exact) mass is 676 g/mol. The molecule has 7 aromatic rings. The molecule has 0 saturated carbocycles. The van der Waals surface area contributed by atoms with E-state index in [4.69, 9.17) is 9.47 Å². The number of phenols is 1. The van der Waals surface area contributed by atoms with Gasteiger partial charge in [-0.05, 0) is 85.1 Å². The second-order valence-corrected chi connectivity index (χ2v) is 12.9. The number of carbonyl (C=O) groups excluding carboxylic acids is 2. The molecule has 11 nitrogen and oxygen atoms in total. The van der Waals surface area contributed by atoms with Crippen molar-refractivity contribution >= 4 is 39.7 Å². The summed E-state index contributed by atoms with van der Waals surface area (Å²) in [6.07, 6.45) is 5.98. The Kier molecular flexibility index (Phi) is 7.02. The van der Waals surface area contributed by atoms with Crippen molar-refractivity contribution in [3.05, 3.63) is 132 Å². The molecular formula is C40H32N6O5. The lowest BCUT2D eigenvalue weighted by Gasteiger charge is -2.35. The van der Waals surface area contributed by atoms with Crippen molar-refractivity contribution in [1.29, 1.82) is 0 Å². The van der Waals surface area contributed by atoms with E-state index in [2.05, 4.69) is 29.1 Å². The SMILES string of the molecule is C[C@@H]1Cc2ccccc2CN1C(=O)c1cc2c(cc1-c1cc(C(=O)N(c3ccc(O)cc3)c3cnc4c(cnn4C)c3)c3ccccn13)OCO2. The van der Waals surface area contributed by atoms with Gasteiger partial charge in [0.1, 0.15) is 5.75 Å². The summed E-state index contributed by atoms with van der Waals surface area (Å²) < 4.78 is 15.2. The third-order valence-corrected chi connectivity index (χ3v) is 9.82. The van der Waals surface area contributed by atoms with Crippen LogP contribution < -0.4 is 14.4 Å². The fourth-order valence-electron chi connectivity index (χ4n) is 7.23. The van der Waals surface area contributed by atoms with Crippen molar-refractivity contribution in [2.75, 3.05) is 11.7 Å². The molecule has 0 aliphatic carbocycles. The molecule has 0 saturated heterocycles. The fraction of sp³-hybridized carbons (Fsp3) is 0.150. The summed E-state index contributed by atoms with van der Waals surface area (Å²) in [5.41, 5.74) is 6.89. The molecule has 3 aromatic carbocycles. The van der Waals surface area contributed by atoms with Gasteiger partial charge in [0.25, 0.3) is 11.8 Å². The van der Waals surface area contributed by atoms with Crippen molar-refractivity contribution in [3.8, 4) is 28.5 Å². The maximum atomic E-state index is 14.9. The van der Waals surface area contributed by atoms with E-state index < -0.39 is 0 Å². The van der Waals surface area contributed by atoms with E-state index in [1.54, 1.807) is 52.3 Å². The summed E-state index contributed by atoms with van der Waals surface area (Å²) >= 11 is 0. The molecule has 0 fully saturated rings. The number of pyridine rings is 2. The molecule has 1 atom stereocenters. The Bertz CT molecular complexity index is 2520. The van der Waals surface area contributed by atoms with E-state index in [1.165, 1.54) is 5.56 Å². The number of amides is 2. The van der Waals surface area contributed by atoms with Gasteiger partial charge in [0.05, 0.1) is 40.4 Å². The standard InChI is InChI=1S/C40H32N6O5/c1-24-15-25-7-3-4-8-26(25)22-45(24)39(48)32-19-37-36(50-23-51-37)18-31(32)35-17-33(34-9-5-6-14-44(34)35)40(49)46(28-10-12-30(47)13-11-28)29-16-27-20-42-43(2)38(27)41-21-29/h3-14,16-21,24,47H,15,22-23H2,1-2H3/t24-/m1/s1. The Balaban J connectivity index is 1.19. The van der Waals surface area contributed by atoms with Gasteiger partial charge >= 0.3 is 0 Å². The van der Waals surface area contributed by atoms with Crippen molar-refractivity contribution in [3.63, 3.8) is 0 Å². The Hall–Kier alpha value is -6.62. The second kappa shape index (κ2) is 11.8. The highest BCUT2D eigenvalue weighted by molar-refractivity contribution is 6.16. The van der Waals surface area contributed by atoms with Crippen LogP contribution in [0.2, 0.25) is 0 Å². The highest BCUT2D eigenvalue weighted by Crippen LogP contribution is 2.42. The van der Waals surface area contributed by atoms with Crippen molar-refractivity contribution in [2.24, 2.45) is 7.05 Å². The van der Waals surface area contributed by atoms with Crippen LogP contribution in [-0.4, -0.2) is 53.8 Å². The van der Waals surface area contributed by atoms with Gasteiger partial charge in [-0.25, -0.2) is 4.98 Å². The number of aromatic hydroxyl groups is 1. The lowest BCUT2D eigenvalue weighted by atomic mass is 9.93. The highest BCUT2D eigenvalue weighted by Gasteiger charge is 2.33. The number of phenolic OH excluding ortho intramolecular Hbond substituents is 1. The number of benzene rings is 3. The molecule has 0 unspecified atom stereocenters. The molecule has 51 heavy (non-hydrogen) atoms. The minimum atomic E-state index is -0.324. The maximum absolute atomic E-state index is 14.9. The number of fused-ring (bicyclic) bond motifs is 4. The summed E-state index contributed by atoms with van der Waals surface area (Å²) in [4.78, 5) is 37.6. The molecule has 6 heterocycles. The molecule has 4 aromatic heterocycles. The summed E-state index contributed by atoms with van der Waals surface area (Å²) in [5.74, 6) is 0.649. The van der Waals surface area contributed by atoms with Crippen LogP contribution in [0, 0.1) is 0 Å². The normalized spacial score (nSPS) is 14.9. The lowest BCUT2D eigenvalue weighted by molar-refractivity contribution is 0.0658. The van der Waals surface area contributed by atoms with Crippen molar-refractivity contribution < 1.29 is 24.2 Å². The second-order valence-electron chi connectivity index (χ2n) is 12.9. The Morgan fingerprint density at radius 3 is 2.45 bits per heavy atom. The first kappa shape index (κ1) is 30.4. The quantitative estimate of drug-likeness (QED) is 0.211. The molecule has 2 amide bonds. The molecule has 1 N–H and O–H groups in total. The third-order valence-electron chi connectivity index (χ3n) is 9.82. The van der Waals surface area contributed by atoms with Crippen LogP contribution >= 0.6 is 0 Å². The predicted molar refractivity (Wildman–Crippen MR) is 192 cm³/mol. The maximum Gasteiger partial charge on any atom is 0.265 e. The molecule has 0 bridgehead atoms. The van der Waals surface area contributed by atoms with Crippen LogP contribution in [0.1, 0.15) is 38.8 Å². The zero-order valence-corrected chi connectivity index (χ0v) is 27.9. The first-order valence-electron chi connectivity index (χ1n) is 16.7. The summed E-state index contributed by atoms with van der Waals surface area (Å²) in [6, 6.07) is 27.6. The molecule has 0 spiro atoms. The minimum absolute atomic E-state index is 0.0310. The Labute approximate surface area is 292 Å². The molecule has 252 valence electrons. The Morgan fingerprint density at radius 2 is 1.63 bits per heavy atom. The van der Waals surface area contributed by atoms with E-state index in [-0.39, 0.29) is 30.4 Å². The largest absolute Gasteiger partial charge is 0.508 e. The molecule has 2 aliphatic heterocycles. The number of nitrogens with zero attached hydrogens (tertiary/aromatic N) is 6. The summed E-state index contributed by atoms with van der Waals surface area (Å²) in [7, 11) is 1.81. The molecular weight excluding hydrogens is 644 g/mol. The van der Waals surface area contributed by atoms with Crippen LogP contribution in [0.3, 0.4) is 0 Å². The Morgan fingerprint density at radius 1 is 0.863 bits per heavy atom. The smallest absolute Gasteiger partial charge is 0.265 e. The molecule has 9 rings (SSSR count). The van der Waals surface area contributed by atoms with Gasteiger partial charge in [-0.2, -0.15) is 5.10 Å². The average Bonchev–Trinajstić information content (AvgIpc) is 3.88. The van der Waals surface area contributed by atoms with Gasteiger partial charge in [0.15, 0.2) is 17.1 Å². The highest BCUT2D eigenvalue weighted by atomic mass is 16.7. The van der Waals surface area contributed by atoms with E-state index in [0.717, 1.165) is 17.4 Å². The van der Waals surface area contributed by atoms with Crippen molar-refractivity contribution in [1.82, 2.24) is 24.1 Å². The number of hydrogen-bond acceptors (Lipinski definition) is 7. The van der Waals surface area contributed by atoms with Crippen LogP contribution in [-0.2, 0) is 20.0 Å². The number of aryl methyl sites for hydroxylation is 1. The number of aromatic nitrogens is 4. The number of anilines is 2.